The van der Waals surface area contributed by atoms with Crippen LogP contribution < -0.4 is 26.6 Å². The van der Waals surface area contributed by atoms with Crippen LogP contribution in [0.3, 0.4) is 0 Å². The molecule has 1 amide bonds. The standard InChI is InChI=1S/C13H19N5O.C9H14N4.C2H6/c14-12(19)9-1-5-18(6-2-9)13-11(10-7-15-8-10)16-3-4-17-13;1-2-11-9-8(7-5-10-6-7)12-3-4-13-9;1-2/h3-4,9-10,15H,1-2,5-8H2,(H2,14,19);3-4,7,10H,2,5-6H2,1H3,(H,11,13);1-2H3. The van der Waals surface area contributed by atoms with Gasteiger partial charge < -0.3 is 26.6 Å². The van der Waals surface area contributed by atoms with Crippen molar-refractivity contribution in [2.45, 2.75) is 45.4 Å². The van der Waals surface area contributed by atoms with E-state index in [1.807, 2.05) is 13.8 Å². The van der Waals surface area contributed by atoms with Gasteiger partial charge in [0.05, 0.1) is 11.4 Å². The summed E-state index contributed by atoms with van der Waals surface area (Å²) in [5, 5.41) is 9.72. The largest absolute Gasteiger partial charge is 0.369 e. The molecule has 5 rings (SSSR count). The molecule has 0 spiro atoms. The third-order valence-corrected chi connectivity index (χ3v) is 6.31. The summed E-state index contributed by atoms with van der Waals surface area (Å²) in [5.74, 6) is 2.78. The SMILES string of the molecule is CC.CCNc1nccnc1C1CNC1.NC(=O)C1CCN(c2nccnc2C2CNC2)CC1. The van der Waals surface area contributed by atoms with E-state index in [9.17, 15) is 4.79 Å². The molecule has 0 unspecified atom stereocenters. The van der Waals surface area contributed by atoms with Gasteiger partial charge in [-0.2, -0.15) is 0 Å². The van der Waals surface area contributed by atoms with Gasteiger partial charge in [0, 0.05) is 88.4 Å². The van der Waals surface area contributed by atoms with Crippen LogP contribution in [-0.2, 0) is 4.79 Å². The Morgan fingerprint density at radius 2 is 1.47 bits per heavy atom. The highest BCUT2D eigenvalue weighted by molar-refractivity contribution is 5.77. The van der Waals surface area contributed by atoms with Crippen molar-refractivity contribution in [2.24, 2.45) is 11.7 Å². The van der Waals surface area contributed by atoms with Crippen LogP contribution >= 0.6 is 0 Å². The topological polar surface area (TPSA) is 134 Å². The Balaban J connectivity index is 0.000000189. The number of rotatable bonds is 6. The number of nitrogens with zero attached hydrogens (tertiary/aromatic N) is 5. The third-order valence-electron chi connectivity index (χ3n) is 6.31. The zero-order valence-electron chi connectivity index (χ0n) is 20.6. The summed E-state index contributed by atoms with van der Waals surface area (Å²) < 4.78 is 0. The Bertz CT molecular complexity index is 894. The number of anilines is 2. The molecule has 0 radical (unpaired) electrons. The fourth-order valence-electron chi connectivity index (χ4n) is 4.16. The highest BCUT2D eigenvalue weighted by atomic mass is 16.1. The molecule has 0 aliphatic carbocycles. The summed E-state index contributed by atoms with van der Waals surface area (Å²) in [6.07, 6.45) is 8.61. The minimum absolute atomic E-state index is 0.0155. The van der Waals surface area contributed by atoms with E-state index in [0.717, 1.165) is 81.7 Å². The molecule has 10 nitrogen and oxygen atoms in total. The number of carbonyl (C=O) groups excluding carboxylic acids is 1. The summed E-state index contributed by atoms with van der Waals surface area (Å²) in [7, 11) is 0. The Labute approximate surface area is 202 Å². The highest BCUT2D eigenvalue weighted by Crippen LogP contribution is 2.29. The lowest BCUT2D eigenvalue weighted by atomic mass is 9.94. The molecular weight excluding hydrogens is 430 g/mol. The summed E-state index contributed by atoms with van der Waals surface area (Å²) in [4.78, 5) is 31.0. The van der Waals surface area contributed by atoms with E-state index in [-0.39, 0.29) is 11.8 Å². The number of aromatic nitrogens is 4. The molecule has 186 valence electrons. The summed E-state index contributed by atoms with van der Waals surface area (Å²) in [6, 6.07) is 0. The summed E-state index contributed by atoms with van der Waals surface area (Å²) in [6.45, 7) is 12.6. The maximum absolute atomic E-state index is 11.2. The number of nitrogens with one attached hydrogen (secondary N) is 3. The van der Waals surface area contributed by atoms with Crippen molar-refractivity contribution in [3.8, 4) is 0 Å². The van der Waals surface area contributed by atoms with Gasteiger partial charge in [-0.05, 0) is 19.8 Å². The molecule has 2 aromatic heterocycles. The van der Waals surface area contributed by atoms with Gasteiger partial charge >= 0.3 is 0 Å². The predicted molar refractivity (Wildman–Crippen MR) is 135 cm³/mol. The number of primary amides is 1. The van der Waals surface area contributed by atoms with E-state index in [1.54, 1.807) is 24.8 Å². The number of hydrogen-bond donors (Lipinski definition) is 4. The number of amides is 1. The number of nitrogens with two attached hydrogens (primary N) is 1. The maximum atomic E-state index is 11.2. The molecule has 34 heavy (non-hydrogen) atoms. The van der Waals surface area contributed by atoms with E-state index in [0.29, 0.717) is 11.8 Å². The van der Waals surface area contributed by atoms with Crippen LogP contribution in [0.1, 0.15) is 56.8 Å². The second kappa shape index (κ2) is 13.1. The fraction of sp³-hybridized carbons (Fsp3) is 0.625. The van der Waals surface area contributed by atoms with Gasteiger partial charge in [-0.1, -0.05) is 13.8 Å². The van der Waals surface area contributed by atoms with Crippen molar-refractivity contribution in [1.82, 2.24) is 30.6 Å². The van der Waals surface area contributed by atoms with E-state index in [1.165, 1.54) is 0 Å². The number of piperidine rings is 1. The van der Waals surface area contributed by atoms with E-state index in [2.05, 4.69) is 47.7 Å². The molecule has 0 bridgehead atoms. The molecule has 0 aromatic carbocycles. The molecule has 3 aliphatic heterocycles. The summed E-state index contributed by atoms with van der Waals surface area (Å²) >= 11 is 0. The van der Waals surface area contributed by atoms with Gasteiger partial charge in [-0.15, -0.1) is 0 Å². The molecule has 5 N–H and O–H groups in total. The molecule has 10 heteroatoms. The van der Waals surface area contributed by atoms with Crippen LogP contribution in [0.4, 0.5) is 11.6 Å². The molecule has 2 aromatic rings. The molecule has 3 saturated heterocycles. The number of carbonyl (C=O) groups is 1. The Morgan fingerprint density at radius 1 is 0.941 bits per heavy atom. The lowest BCUT2D eigenvalue weighted by Gasteiger charge is -2.35. The number of hydrogen-bond acceptors (Lipinski definition) is 9. The smallest absolute Gasteiger partial charge is 0.220 e. The van der Waals surface area contributed by atoms with Crippen LogP contribution in [0.25, 0.3) is 0 Å². The van der Waals surface area contributed by atoms with Gasteiger partial charge in [0.25, 0.3) is 0 Å². The molecule has 0 atom stereocenters. The van der Waals surface area contributed by atoms with Gasteiger partial charge in [-0.25, -0.2) is 9.97 Å². The quantitative estimate of drug-likeness (QED) is 0.496. The first kappa shape index (κ1) is 25.8. The second-order valence-corrected chi connectivity index (χ2v) is 8.46. The average Bonchev–Trinajstić information content (AvgIpc) is 2.81. The Morgan fingerprint density at radius 3 is 2.00 bits per heavy atom. The monoisotopic (exact) mass is 469 g/mol. The zero-order chi connectivity index (χ0) is 24.3. The van der Waals surface area contributed by atoms with Crippen LogP contribution in [0, 0.1) is 5.92 Å². The minimum Gasteiger partial charge on any atom is -0.369 e. The van der Waals surface area contributed by atoms with Gasteiger partial charge in [0.1, 0.15) is 5.82 Å². The first-order chi connectivity index (χ1) is 16.7. The van der Waals surface area contributed by atoms with Gasteiger partial charge in [-0.3, -0.25) is 14.8 Å². The fourth-order valence-corrected chi connectivity index (χ4v) is 4.16. The normalized spacial score (nSPS) is 18.4. The van der Waals surface area contributed by atoms with Crippen LogP contribution in [0.15, 0.2) is 24.8 Å². The van der Waals surface area contributed by atoms with E-state index >= 15 is 0 Å². The van der Waals surface area contributed by atoms with E-state index in [4.69, 9.17) is 5.73 Å². The van der Waals surface area contributed by atoms with Crippen LogP contribution in [0.2, 0.25) is 0 Å². The molecule has 5 heterocycles. The lowest BCUT2D eigenvalue weighted by molar-refractivity contribution is -0.122. The third kappa shape index (κ3) is 6.38. The van der Waals surface area contributed by atoms with Crippen molar-refractivity contribution < 1.29 is 4.79 Å². The molecule has 3 aliphatic rings. The van der Waals surface area contributed by atoms with Gasteiger partial charge in [0.15, 0.2) is 5.82 Å². The molecular formula is C24H39N9O. The minimum atomic E-state index is -0.179. The lowest BCUT2D eigenvalue weighted by Crippen LogP contribution is -2.43. The molecule has 0 saturated carbocycles. The van der Waals surface area contributed by atoms with Crippen molar-refractivity contribution in [1.29, 1.82) is 0 Å². The van der Waals surface area contributed by atoms with Crippen LogP contribution in [-0.4, -0.2) is 71.7 Å². The first-order valence-electron chi connectivity index (χ1n) is 12.5. The summed E-state index contributed by atoms with van der Waals surface area (Å²) in [5.41, 5.74) is 7.55. The van der Waals surface area contributed by atoms with Crippen molar-refractivity contribution in [3.63, 3.8) is 0 Å². The first-order valence-corrected chi connectivity index (χ1v) is 12.5. The zero-order valence-corrected chi connectivity index (χ0v) is 20.6. The Kier molecular flexibility index (Phi) is 9.96. The van der Waals surface area contributed by atoms with Crippen molar-refractivity contribution >= 4 is 17.5 Å². The molecule has 3 fully saturated rings. The van der Waals surface area contributed by atoms with Crippen LogP contribution in [0.5, 0.6) is 0 Å². The van der Waals surface area contributed by atoms with E-state index < -0.39 is 0 Å². The predicted octanol–water partition coefficient (Wildman–Crippen LogP) is 1.49. The highest BCUT2D eigenvalue weighted by Gasteiger charge is 2.29. The second-order valence-electron chi connectivity index (χ2n) is 8.46. The average molecular weight is 470 g/mol. The Hall–Kier alpha value is -2.85. The van der Waals surface area contributed by atoms with Crippen molar-refractivity contribution in [2.75, 3.05) is 56.0 Å². The maximum Gasteiger partial charge on any atom is 0.220 e. The van der Waals surface area contributed by atoms with Gasteiger partial charge in [0.2, 0.25) is 5.91 Å². The van der Waals surface area contributed by atoms with Crippen molar-refractivity contribution in [3.05, 3.63) is 36.2 Å².